The average molecular weight is 356 g/mol. The zero-order chi connectivity index (χ0) is 16.9. The summed E-state index contributed by atoms with van der Waals surface area (Å²) in [7, 11) is 0. The first-order chi connectivity index (χ1) is 11.6. The monoisotopic (exact) mass is 355 g/mol. The van der Waals surface area contributed by atoms with Gasteiger partial charge in [-0.2, -0.15) is 0 Å². The Balaban J connectivity index is 1.58. The highest BCUT2D eigenvalue weighted by Gasteiger charge is 2.10. The number of thioether (sulfide) groups is 1. The Labute approximate surface area is 151 Å². The number of carbonyl (C=O) groups excluding carboxylic acids is 1. The molecule has 24 heavy (non-hydrogen) atoms. The van der Waals surface area contributed by atoms with E-state index in [0.29, 0.717) is 10.8 Å². The lowest BCUT2D eigenvalue weighted by molar-refractivity contribution is -0.119. The van der Waals surface area contributed by atoms with E-state index in [-0.39, 0.29) is 11.9 Å². The molecule has 0 fully saturated rings. The minimum absolute atomic E-state index is 0.0145. The largest absolute Gasteiger partial charge is 0.349 e. The molecule has 1 atom stereocenters. The van der Waals surface area contributed by atoms with Gasteiger partial charge >= 0.3 is 0 Å². The molecule has 0 aromatic heterocycles. The van der Waals surface area contributed by atoms with Gasteiger partial charge < -0.3 is 5.32 Å². The molecule has 0 aliphatic heterocycles. The van der Waals surface area contributed by atoms with E-state index in [1.807, 2.05) is 43.3 Å². The Hall–Kier alpha value is -1.97. The van der Waals surface area contributed by atoms with E-state index in [2.05, 4.69) is 35.6 Å². The number of carbonyl (C=O) groups is 1. The number of halogens is 1. The molecule has 4 heteroatoms. The van der Waals surface area contributed by atoms with Crippen molar-refractivity contribution in [1.82, 2.24) is 5.32 Å². The average Bonchev–Trinajstić information content (AvgIpc) is 2.59. The molecule has 0 heterocycles. The van der Waals surface area contributed by atoms with Crippen molar-refractivity contribution in [2.24, 2.45) is 0 Å². The van der Waals surface area contributed by atoms with Gasteiger partial charge in [0.25, 0.3) is 0 Å². The van der Waals surface area contributed by atoms with Crippen molar-refractivity contribution in [2.45, 2.75) is 17.9 Å². The smallest absolute Gasteiger partial charge is 0.230 e. The molecule has 0 unspecified atom stereocenters. The Morgan fingerprint density at radius 2 is 1.83 bits per heavy atom. The highest BCUT2D eigenvalue weighted by atomic mass is 35.5. The van der Waals surface area contributed by atoms with Gasteiger partial charge in [-0.3, -0.25) is 4.79 Å². The molecule has 1 amide bonds. The standard InChI is InChI=1S/C20H18ClNOS/c1-14(16-7-4-8-18(21)11-16)22-20(23)13-24-19-10-9-15-5-2-3-6-17(15)12-19/h2-12,14H,13H2,1H3,(H,22,23)/t14-/m1/s1. The summed E-state index contributed by atoms with van der Waals surface area (Å²) in [6, 6.07) is 22.0. The molecule has 0 aliphatic rings. The molecule has 0 bridgehead atoms. The Bertz CT molecular complexity index is 865. The number of fused-ring (bicyclic) bond motifs is 1. The first-order valence-corrected chi connectivity index (χ1v) is 9.14. The summed E-state index contributed by atoms with van der Waals surface area (Å²) >= 11 is 7.54. The molecule has 3 aromatic carbocycles. The summed E-state index contributed by atoms with van der Waals surface area (Å²) in [6.45, 7) is 1.96. The van der Waals surface area contributed by atoms with Gasteiger partial charge in [-0.25, -0.2) is 0 Å². The van der Waals surface area contributed by atoms with Crippen LogP contribution < -0.4 is 5.32 Å². The minimum Gasteiger partial charge on any atom is -0.349 e. The molecule has 0 saturated heterocycles. The topological polar surface area (TPSA) is 29.1 Å². The third-order valence-corrected chi connectivity index (χ3v) is 5.05. The van der Waals surface area contributed by atoms with Crippen LogP contribution in [0.5, 0.6) is 0 Å². The van der Waals surface area contributed by atoms with Gasteiger partial charge in [0.1, 0.15) is 0 Å². The number of nitrogens with one attached hydrogen (secondary N) is 1. The lowest BCUT2D eigenvalue weighted by atomic mass is 10.1. The quantitative estimate of drug-likeness (QED) is 0.615. The molecule has 122 valence electrons. The molecule has 3 rings (SSSR count). The molecular formula is C20H18ClNOS. The maximum atomic E-state index is 12.2. The fourth-order valence-corrected chi connectivity index (χ4v) is 3.50. The first-order valence-electron chi connectivity index (χ1n) is 7.78. The van der Waals surface area contributed by atoms with Crippen molar-refractivity contribution in [1.29, 1.82) is 0 Å². The molecule has 0 spiro atoms. The van der Waals surface area contributed by atoms with E-state index in [1.54, 1.807) is 11.8 Å². The van der Waals surface area contributed by atoms with Crippen LogP contribution in [0.2, 0.25) is 5.02 Å². The number of hydrogen-bond acceptors (Lipinski definition) is 2. The van der Waals surface area contributed by atoms with Crippen LogP contribution in [0.1, 0.15) is 18.5 Å². The molecule has 3 aromatic rings. The van der Waals surface area contributed by atoms with E-state index < -0.39 is 0 Å². The van der Waals surface area contributed by atoms with E-state index >= 15 is 0 Å². The van der Waals surface area contributed by atoms with Crippen molar-refractivity contribution in [2.75, 3.05) is 5.75 Å². The third-order valence-electron chi connectivity index (χ3n) is 3.82. The summed E-state index contributed by atoms with van der Waals surface area (Å²) in [5.41, 5.74) is 1.01. The van der Waals surface area contributed by atoms with Crippen LogP contribution in [-0.4, -0.2) is 11.7 Å². The molecular weight excluding hydrogens is 338 g/mol. The third kappa shape index (κ3) is 4.31. The lowest BCUT2D eigenvalue weighted by Gasteiger charge is -2.14. The van der Waals surface area contributed by atoms with Crippen LogP contribution in [-0.2, 0) is 4.79 Å². The predicted molar refractivity (Wildman–Crippen MR) is 103 cm³/mol. The summed E-state index contributed by atoms with van der Waals surface area (Å²) in [5, 5.41) is 6.09. The zero-order valence-electron chi connectivity index (χ0n) is 13.3. The van der Waals surface area contributed by atoms with E-state index in [9.17, 15) is 4.79 Å². The van der Waals surface area contributed by atoms with Gasteiger partial charge in [0.2, 0.25) is 5.91 Å². The normalized spacial score (nSPS) is 12.1. The Morgan fingerprint density at radius 1 is 1.04 bits per heavy atom. The van der Waals surface area contributed by atoms with Crippen molar-refractivity contribution < 1.29 is 4.79 Å². The number of benzene rings is 3. The lowest BCUT2D eigenvalue weighted by Crippen LogP contribution is -2.28. The van der Waals surface area contributed by atoms with Gasteiger partial charge in [-0.05, 0) is 47.5 Å². The first kappa shape index (κ1) is 16.9. The fourth-order valence-electron chi connectivity index (χ4n) is 2.55. The van der Waals surface area contributed by atoms with E-state index in [4.69, 9.17) is 11.6 Å². The van der Waals surface area contributed by atoms with Gasteiger partial charge in [0.05, 0.1) is 11.8 Å². The highest BCUT2D eigenvalue weighted by molar-refractivity contribution is 8.00. The van der Waals surface area contributed by atoms with Crippen molar-refractivity contribution in [3.8, 4) is 0 Å². The SMILES string of the molecule is C[C@@H](NC(=O)CSc1ccc2ccccc2c1)c1cccc(Cl)c1. The summed E-state index contributed by atoms with van der Waals surface area (Å²) in [5.74, 6) is 0.407. The van der Waals surface area contributed by atoms with Crippen molar-refractivity contribution in [3.63, 3.8) is 0 Å². The van der Waals surface area contributed by atoms with Gasteiger partial charge in [0, 0.05) is 9.92 Å². The number of hydrogen-bond donors (Lipinski definition) is 1. The number of rotatable bonds is 5. The molecule has 0 radical (unpaired) electrons. The van der Waals surface area contributed by atoms with Crippen LogP contribution in [0, 0.1) is 0 Å². The summed E-state index contributed by atoms with van der Waals surface area (Å²) < 4.78 is 0. The second-order valence-corrected chi connectivity index (χ2v) is 7.13. The van der Waals surface area contributed by atoms with Crippen molar-refractivity contribution >= 4 is 40.0 Å². The second-order valence-electron chi connectivity index (χ2n) is 5.64. The van der Waals surface area contributed by atoms with Crippen LogP contribution in [0.25, 0.3) is 10.8 Å². The highest BCUT2D eigenvalue weighted by Crippen LogP contribution is 2.24. The van der Waals surface area contributed by atoms with Crippen molar-refractivity contribution in [3.05, 3.63) is 77.3 Å². The summed E-state index contributed by atoms with van der Waals surface area (Å²) in [6.07, 6.45) is 0. The molecule has 2 nitrogen and oxygen atoms in total. The van der Waals surface area contributed by atoms with E-state index in [1.165, 1.54) is 10.8 Å². The summed E-state index contributed by atoms with van der Waals surface area (Å²) in [4.78, 5) is 13.3. The Morgan fingerprint density at radius 3 is 2.62 bits per heavy atom. The van der Waals surface area contributed by atoms with Gasteiger partial charge in [-0.1, -0.05) is 54.1 Å². The van der Waals surface area contributed by atoms with E-state index in [0.717, 1.165) is 10.5 Å². The second kappa shape index (κ2) is 7.73. The zero-order valence-corrected chi connectivity index (χ0v) is 14.9. The molecule has 1 N–H and O–H groups in total. The molecule has 0 aliphatic carbocycles. The predicted octanol–water partition coefficient (Wildman–Crippen LogP) is 5.46. The fraction of sp³-hybridized carbons (Fsp3) is 0.150. The van der Waals surface area contributed by atoms with Crippen LogP contribution >= 0.6 is 23.4 Å². The Kier molecular flexibility index (Phi) is 5.44. The molecule has 0 saturated carbocycles. The number of amides is 1. The maximum absolute atomic E-state index is 12.2. The van der Waals surface area contributed by atoms with Crippen LogP contribution in [0.3, 0.4) is 0 Å². The van der Waals surface area contributed by atoms with Gasteiger partial charge in [0.15, 0.2) is 0 Å². The van der Waals surface area contributed by atoms with Crippen LogP contribution in [0.4, 0.5) is 0 Å². The minimum atomic E-state index is -0.0617. The van der Waals surface area contributed by atoms with Crippen LogP contribution in [0.15, 0.2) is 71.6 Å². The van der Waals surface area contributed by atoms with Gasteiger partial charge in [-0.15, -0.1) is 11.8 Å². The maximum Gasteiger partial charge on any atom is 0.230 e.